The highest BCUT2D eigenvalue weighted by molar-refractivity contribution is 5.95. The first-order chi connectivity index (χ1) is 9.17. The monoisotopic (exact) mass is 258 g/mol. The molecule has 4 nitrogen and oxygen atoms in total. The van der Waals surface area contributed by atoms with E-state index in [0.717, 1.165) is 12.8 Å². The van der Waals surface area contributed by atoms with Crippen molar-refractivity contribution < 1.29 is 9.53 Å². The third-order valence-corrected chi connectivity index (χ3v) is 3.19. The van der Waals surface area contributed by atoms with Crippen LogP contribution in [-0.4, -0.2) is 37.6 Å². The van der Waals surface area contributed by atoms with E-state index in [1.165, 1.54) is 0 Å². The number of nitrogens with two attached hydrogens (primary N) is 1. The van der Waals surface area contributed by atoms with Gasteiger partial charge in [-0.05, 0) is 31.0 Å². The number of benzene rings is 1. The topological polar surface area (TPSA) is 55.6 Å². The van der Waals surface area contributed by atoms with Crippen LogP contribution < -0.4 is 10.5 Å². The highest BCUT2D eigenvalue weighted by Gasteiger charge is 2.30. The number of ether oxygens (including phenoxy) is 1. The molecule has 1 aromatic carbocycles. The molecule has 0 heterocycles. The van der Waals surface area contributed by atoms with Crippen molar-refractivity contribution in [3.63, 3.8) is 0 Å². The molecule has 0 aromatic heterocycles. The Morgan fingerprint density at radius 2 is 2.26 bits per heavy atom. The minimum Gasteiger partial charge on any atom is -0.495 e. The fraction of sp³-hybridized carbons (Fsp3) is 0.400. The Morgan fingerprint density at radius 1 is 1.53 bits per heavy atom. The van der Waals surface area contributed by atoms with Gasteiger partial charge in [-0.1, -0.05) is 11.8 Å². The van der Waals surface area contributed by atoms with E-state index in [9.17, 15) is 4.79 Å². The lowest BCUT2D eigenvalue weighted by Crippen LogP contribution is -2.28. The molecule has 0 radical (unpaired) electrons. The summed E-state index contributed by atoms with van der Waals surface area (Å²) >= 11 is 0. The predicted molar refractivity (Wildman–Crippen MR) is 74.0 cm³/mol. The van der Waals surface area contributed by atoms with Crippen LogP contribution in [0.1, 0.15) is 28.8 Å². The van der Waals surface area contributed by atoms with Crippen LogP contribution in [0.5, 0.6) is 5.75 Å². The van der Waals surface area contributed by atoms with Crippen molar-refractivity contribution in [3.8, 4) is 17.6 Å². The molecular formula is C15H18N2O2. The van der Waals surface area contributed by atoms with E-state index in [0.29, 0.717) is 22.9 Å². The summed E-state index contributed by atoms with van der Waals surface area (Å²) in [5.41, 5.74) is 6.71. The van der Waals surface area contributed by atoms with Crippen LogP contribution in [0.2, 0.25) is 0 Å². The van der Waals surface area contributed by atoms with Gasteiger partial charge in [-0.15, -0.1) is 0 Å². The van der Waals surface area contributed by atoms with E-state index in [1.807, 2.05) is 7.05 Å². The largest absolute Gasteiger partial charge is 0.495 e. The van der Waals surface area contributed by atoms with Crippen molar-refractivity contribution in [2.45, 2.75) is 18.9 Å². The molecule has 1 aliphatic carbocycles. The molecule has 0 atom stereocenters. The summed E-state index contributed by atoms with van der Waals surface area (Å²) in [7, 11) is 3.43. The zero-order chi connectivity index (χ0) is 13.8. The van der Waals surface area contributed by atoms with Crippen molar-refractivity contribution in [3.05, 3.63) is 29.3 Å². The van der Waals surface area contributed by atoms with Crippen molar-refractivity contribution in [1.82, 2.24) is 4.90 Å². The minimum absolute atomic E-state index is 0.0287. The molecule has 1 fully saturated rings. The van der Waals surface area contributed by atoms with Crippen LogP contribution in [0.3, 0.4) is 0 Å². The zero-order valence-corrected chi connectivity index (χ0v) is 11.3. The molecule has 4 heteroatoms. The second kappa shape index (κ2) is 5.77. The first kappa shape index (κ1) is 13.4. The van der Waals surface area contributed by atoms with E-state index >= 15 is 0 Å². The maximum Gasteiger partial charge on any atom is 0.253 e. The smallest absolute Gasteiger partial charge is 0.253 e. The average molecular weight is 258 g/mol. The molecule has 1 saturated carbocycles. The molecule has 0 aliphatic heterocycles. The van der Waals surface area contributed by atoms with Gasteiger partial charge in [0.15, 0.2) is 0 Å². The number of hydrogen-bond acceptors (Lipinski definition) is 3. The van der Waals surface area contributed by atoms with Gasteiger partial charge >= 0.3 is 0 Å². The number of carbonyl (C=O) groups is 1. The fourth-order valence-corrected chi connectivity index (χ4v) is 1.92. The van der Waals surface area contributed by atoms with Crippen molar-refractivity contribution in [1.29, 1.82) is 0 Å². The van der Waals surface area contributed by atoms with Crippen LogP contribution in [0.15, 0.2) is 18.2 Å². The minimum atomic E-state index is 0.0287. The molecular weight excluding hydrogens is 240 g/mol. The molecule has 1 aliphatic rings. The van der Waals surface area contributed by atoms with E-state index in [-0.39, 0.29) is 12.5 Å². The SMILES string of the molecule is COc1ccc(C(=O)N(C)C2CC2)cc1C#CCN. The highest BCUT2D eigenvalue weighted by Crippen LogP contribution is 2.27. The molecule has 100 valence electrons. The summed E-state index contributed by atoms with van der Waals surface area (Å²) in [6, 6.07) is 5.71. The first-order valence-corrected chi connectivity index (χ1v) is 6.31. The van der Waals surface area contributed by atoms with E-state index in [1.54, 1.807) is 30.2 Å². The van der Waals surface area contributed by atoms with E-state index < -0.39 is 0 Å². The zero-order valence-electron chi connectivity index (χ0n) is 11.3. The lowest BCUT2D eigenvalue weighted by atomic mass is 10.1. The summed E-state index contributed by atoms with van der Waals surface area (Å²) < 4.78 is 5.23. The molecule has 0 spiro atoms. The Hall–Kier alpha value is -1.99. The Kier molecular flexibility index (Phi) is 4.08. The Labute approximate surface area is 113 Å². The lowest BCUT2D eigenvalue weighted by Gasteiger charge is -2.16. The molecule has 0 unspecified atom stereocenters. The summed E-state index contributed by atoms with van der Waals surface area (Å²) in [5.74, 6) is 6.40. The fourth-order valence-electron chi connectivity index (χ4n) is 1.92. The second-order valence-corrected chi connectivity index (χ2v) is 4.57. The molecule has 1 aromatic rings. The van der Waals surface area contributed by atoms with Crippen molar-refractivity contribution in [2.24, 2.45) is 5.73 Å². The number of nitrogens with zero attached hydrogens (tertiary/aromatic N) is 1. The molecule has 0 bridgehead atoms. The summed E-state index contributed by atoms with van der Waals surface area (Å²) in [5, 5.41) is 0. The van der Waals surface area contributed by atoms with Gasteiger partial charge in [0, 0.05) is 18.7 Å². The molecule has 2 N–H and O–H groups in total. The number of hydrogen-bond donors (Lipinski definition) is 1. The van der Waals surface area contributed by atoms with Crippen LogP contribution in [0, 0.1) is 11.8 Å². The molecule has 1 amide bonds. The van der Waals surface area contributed by atoms with Crippen molar-refractivity contribution >= 4 is 5.91 Å². The van der Waals surface area contributed by atoms with Gasteiger partial charge in [0.05, 0.1) is 19.2 Å². The maximum atomic E-state index is 12.3. The summed E-state index contributed by atoms with van der Waals surface area (Å²) in [6.45, 7) is 0.281. The van der Waals surface area contributed by atoms with Crippen LogP contribution >= 0.6 is 0 Å². The number of amides is 1. The van der Waals surface area contributed by atoms with E-state index in [4.69, 9.17) is 10.5 Å². The van der Waals surface area contributed by atoms with Crippen LogP contribution in [0.25, 0.3) is 0 Å². The predicted octanol–water partition coefficient (Wildman–Crippen LogP) is 1.24. The number of methoxy groups -OCH3 is 1. The summed E-state index contributed by atoms with van der Waals surface area (Å²) in [4.78, 5) is 14.1. The average Bonchev–Trinajstić information content (AvgIpc) is 3.27. The van der Waals surface area contributed by atoms with Gasteiger partial charge in [-0.2, -0.15) is 0 Å². The van der Waals surface area contributed by atoms with Gasteiger partial charge in [0.2, 0.25) is 0 Å². The highest BCUT2D eigenvalue weighted by atomic mass is 16.5. The van der Waals surface area contributed by atoms with Gasteiger partial charge in [0.25, 0.3) is 5.91 Å². The Bertz CT molecular complexity index is 539. The Morgan fingerprint density at radius 3 is 2.84 bits per heavy atom. The molecule has 2 rings (SSSR count). The third-order valence-electron chi connectivity index (χ3n) is 3.19. The number of rotatable bonds is 3. The lowest BCUT2D eigenvalue weighted by molar-refractivity contribution is 0.0785. The Balaban J connectivity index is 2.28. The van der Waals surface area contributed by atoms with Crippen LogP contribution in [-0.2, 0) is 0 Å². The summed E-state index contributed by atoms with van der Waals surface area (Å²) in [6.07, 6.45) is 2.19. The van der Waals surface area contributed by atoms with Crippen molar-refractivity contribution in [2.75, 3.05) is 20.7 Å². The molecule has 0 saturated heterocycles. The van der Waals surface area contributed by atoms with Gasteiger partial charge in [0.1, 0.15) is 5.75 Å². The standard InChI is InChI=1S/C15H18N2O2/c1-17(13-6-7-13)15(18)12-5-8-14(19-2)11(10-12)4-3-9-16/h5,8,10,13H,6-7,9,16H2,1-2H3. The maximum absolute atomic E-state index is 12.3. The molecule has 19 heavy (non-hydrogen) atoms. The normalized spacial score (nSPS) is 13.4. The second-order valence-electron chi connectivity index (χ2n) is 4.57. The van der Waals surface area contributed by atoms with Crippen LogP contribution in [0.4, 0.5) is 0 Å². The first-order valence-electron chi connectivity index (χ1n) is 6.31. The third kappa shape index (κ3) is 3.07. The quantitative estimate of drug-likeness (QED) is 0.830. The van der Waals surface area contributed by atoms with Gasteiger partial charge < -0.3 is 15.4 Å². The van der Waals surface area contributed by atoms with Gasteiger partial charge in [-0.3, -0.25) is 4.79 Å². The van der Waals surface area contributed by atoms with Gasteiger partial charge in [-0.25, -0.2) is 0 Å². The number of carbonyl (C=O) groups excluding carboxylic acids is 1. The van der Waals surface area contributed by atoms with E-state index in [2.05, 4.69) is 11.8 Å².